The fourth-order valence-electron chi connectivity index (χ4n) is 2.08. The fourth-order valence-corrected chi connectivity index (χ4v) is 2.08. The van der Waals surface area contributed by atoms with Crippen LogP contribution in [0.15, 0.2) is 18.3 Å². The van der Waals surface area contributed by atoms with Crippen LogP contribution in [0.4, 0.5) is 4.79 Å². The number of carbonyl (C=O) groups is 1. The van der Waals surface area contributed by atoms with Crippen molar-refractivity contribution in [3.05, 3.63) is 23.9 Å². The van der Waals surface area contributed by atoms with Gasteiger partial charge in [0.2, 0.25) is 5.88 Å². The van der Waals surface area contributed by atoms with Gasteiger partial charge in [-0.1, -0.05) is 6.07 Å². The van der Waals surface area contributed by atoms with E-state index in [0.29, 0.717) is 25.5 Å². The highest BCUT2D eigenvalue weighted by atomic mass is 16.6. The number of ether oxygens (including phenoxy) is 2. The Morgan fingerprint density at radius 2 is 2.19 bits per heavy atom. The smallest absolute Gasteiger partial charge is 0.410 e. The number of nitrogens with one attached hydrogen (secondary N) is 1. The maximum absolute atomic E-state index is 11.8. The van der Waals surface area contributed by atoms with E-state index in [9.17, 15) is 4.79 Å². The quantitative estimate of drug-likeness (QED) is 0.917. The fraction of sp³-hybridized carbons (Fsp3) is 0.600. The minimum absolute atomic E-state index is 0.250. The summed E-state index contributed by atoms with van der Waals surface area (Å²) in [5.41, 5.74) is 0.564. The second-order valence-corrected chi connectivity index (χ2v) is 6.13. The second kappa shape index (κ2) is 6.30. The number of methoxy groups -OCH3 is 1. The molecule has 0 radical (unpaired) electrons. The molecule has 1 N–H and O–H groups in total. The number of rotatable bonds is 4. The van der Waals surface area contributed by atoms with Crippen molar-refractivity contribution in [2.75, 3.05) is 20.2 Å². The third kappa shape index (κ3) is 4.32. The molecule has 1 amide bonds. The van der Waals surface area contributed by atoms with Gasteiger partial charge in [-0.15, -0.1) is 0 Å². The molecule has 0 atom stereocenters. The van der Waals surface area contributed by atoms with Gasteiger partial charge in [-0.3, -0.25) is 0 Å². The van der Waals surface area contributed by atoms with Crippen LogP contribution in [0.5, 0.6) is 5.88 Å². The van der Waals surface area contributed by atoms with Gasteiger partial charge >= 0.3 is 6.09 Å². The van der Waals surface area contributed by atoms with Crippen molar-refractivity contribution in [3.8, 4) is 5.88 Å². The lowest BCUT2D eigenvalue weighted by Crippen LogP contribution is -2.60. The molecule has 1 aliphatic heterocycles. The zero-order valence-electron chi connectivity index (χ0n) is 13.0. The molecule has 1 saturated heterocycles. The Balaban J connectivity index is 1.75. The predicted molar refractivity (Wildman–Crippen MR) is 79.2 cm³/mol. The van der Waals surface area contributed by atoms with Gasteiger partial charge in [-0.25, -0.2) is 9.78 Å². The van der Waals surface area contributed by atoms with Gasteiger partial charge in [0.1, 0.15) is 5.60 Å². The molecule has 1 aliphatic rings. The second-order valence-electron chi connectivity index (χ2n) is 6.13. The van der Waals surface area contributed by atoms with Crippen LogP contribution >= 0.6 is 0 Å². The first-order valence-electron chi connectivity index (χ1n) is 7.08. The van der Waals surface area contributed by atoms with Crippen LogP contribution < -0.4 is 10.1 Å². The van der Waals surface area contributed by atoms with E-state index in [4.69, 9.17) is 9.47 Å². The van der Waals surface area contributed by atoms with Gasteiger partial charge in [0.15, 0.2) is 0 Å². The Labute approximate surface area is 125 Å². The molecular formula is C15H23N3O3. The van der Waals surface area contributed by atoms with E-state index in [1.54, 1.807) is 18.2 Å². The SMILES string of the molecule is COc1ncccc1CNC1CN(C(=O)OC(C)(C)C)C1. The van der Waals surface area contributed by atoms with Gasteiger partial charge in [-0.05, 0) is 26.8 Å². The Kier molecular flexibility index (Phi) is 4.67. The summed E-state index contributed by atoms with van der Waals surface area (Å²) >= 11 is 0. The molecule has 2 rings (SSSR count). The van der Waals surface area contributed by atoms with Crippen molar-refractivity contribution in [1.29, 1.82) is 0 Å². The Bertz CT molecular complexity index is 493. The zero-order valence-corrected chi connectivity index (χ0v) is 13.0. The zero-order chi connectivity index (χ0) is 15.5. The van der Waals surface area contributed by atoms with Gasteiger partial charge < -0.3 is 19.7 Å². The Morgan fingerprint density at radius 3 is 2.81 bits per heavy atom. The lowest BCUT2D eigenvalue weighted by molar-refractivity contribution is 0.00516. The highest BCUT2D eigenvalue weighted by Crippen LogP contribution is 2.17. The number of hydrogen-bond acceptors (Lipinski definition) is 5. The minimum Gasteiger partial charge on any atom is -0.481 e. The summed E-state index contributed by atoms with van der Waals surface area (Å²) in [5, 5.41) is 3.39. The standard InChI is InChI=1S/C15H23N3O3/c1-15(2,3)21-14(19)18-9-12(10-18)17-8-11-6-5-7-16-13(11)20-4/h5-7,12,17H,8-10H2,1-4H3. The van der Waals surface area contributed by atoms with E-state index in [-0.39, 0.29) is 12.1 Å². The van der Waals surface area contributed by atoms with E-state index < -0.39 is 5.60 Å². The molecule has 2 heterocycles. The molecule has 1 aromatic rings. The molecule has 116 valence electrons. The lowest BCUT2D eigenvalue weighted by Gasteiger charge is -2.40. The maximum Gasteiger partial charge on any atom is 0.410 e. The van der Waals surface area contributed by atoms with Gasteiger partial charge in [0.05, 0.1) is 7.11 Å². The Hall–Kier alpha value is -1.82. The molecule has 21 heavy (non-hydrogen) atoms. The van der Waals surface area contributed by atoms with Crippen LogP contribution in [0, 0.1) is 0 Å². The molecule has 6 nitrogen and oxygen atoms in total. The van der Waals surface area contributed by atoms with E-state index >= 15 is 0 Å². The number of hydrogen-bond donors (Lipinski definition) is 1. The van der Waals surface area contributed by atoms with Gasteiger partial charge in [-0.2, -0.15) is 0 Å². The van der Waals surface area contributed by atoms with Crippen molar-refractivity contribution < 1.29 is 14.3 Å². The molecule has 1 fully saturated rings. The van der Waals surface area contributed by atoms with E-state index in [1.807, 2.05) is 32.9 Å². The van der Waals surface area contributed by atoms with Crippen molar-refractivity contribution in [3.63, 3.8) is 0 Å². The van der Waals surface area contributed by atoms with Crippen LogP contribution in [0.25, 0.3) is 0 Å². The summed E-state index contributed by atoms with van der Waals surface area (Å²) in [6.07, 6.45) is 1.45. The number of carbonyl (C=O) groups excluding carboxylic acids is 1. The van der Waals surface area contributed by atoms with E-state index in [0.717, 1.165) is 5.56 Å². The summed E-state index contributed by atoms with van der Waals surface area (Å²) < 4.78 is 10.5. The van der Waals surface area contributed by atoms with Crippen molar-refractivity contribution in [2.45, 2.75) is 39.0 Å². The number of pyridine rings is 1. The molecule has 0 bridgehead atoms. The largest absolute Gasteiger partial charge is 0.481 e. The summed E-state index contributed by atoms with van der Waals surface area (Å²) in [6, 6.07) is 4.14. The third-order valence-corrected chi connectivity index (χ3v) is 3.16. The summed E-state index contributed by atoms with van der Waals surface area (Å²) in [7, 11) is 1.61. The average molecular weight is 293 g/mol. The van der Waals surface area contributed by atoms with Gasteiger partial charge in [0.25, 0.3) is 0 Å². The Morgan fingerprint density at radius 1 is 1.48 bits per heavy atom. The molecule has 0 aliphatic carbocycles. The molecule has 0 spiro atoms. The van der Waals surface area contributed by atoms with E-state index in [1.165, 1.54) is 0 Å². The summed E-state index contributed by atoms with van der Waals surface area (Å²) in [5.74, 6) is 0.633. The molecule has 0 saturated carbocycles. The molecule has 6 heteroatoms. The molecule has 0 aromatic carbocycles. The van der Waals surface area contributed by atoms with Crippen molar-refractivity contribution >= 4 is 6.09 Å². The van der Waals surface area contributed by atoms with Crippen LogP contribution in [0.3, 0.4) is 0 Å². The number of likely N-dealkylation sites (tertiary alicyclic amines) is 1. The van der Waals surface area contributed by atoms with Crippen LogP contribution in [-0.2, 0) is 11.3 Å². The number of nitrogens with zero attached hydrogens (tertiary/aromatic N) is 2. The predicted octanol–water partition coefficient (Wildman–Crippen LogP) is 1.80. The van der Waals surface area contributed by atoms with Crippen LogP contribution in [0.2, 0.25) is 0 Å². The van der Waals surface area contributed by atoms with Crippen LogP contribution in [0.1, 0.15) is 26.3 Å². The van der Waals surface area contributed by atoms with Crippen LogP contribution in [-0.4, -0.2) is 47.8 Å². The normalized spacial score (nSPS) is 15.5. The average Bonchev–Trinajstić information content (AvgIpc) is 2.35. The number of aromatic nitrogens is 1. The highest BCUT2D eigenvalue weighted by Gasteiger charge is 2.33. The first kappa shape index (κ1) is 15.6. The first-order valence-corrected chi connectivity index (χ1v) is 7.08. The molecule has 1 aromatic heterocycles. The monoisotopic (exact) mass is 293 g/mol. The minimum atomic E-state index is -0.446. The molecular weight excluding hydrogens is 270 g/mol. The first-order chi connectivity index (χ1) is 9.89. The maximum atomic E-state index is 11.8. The van der Waals surface area contributed by atoms with E-state index in [2.05, 4.69) is 10.3 Å². The molecule has 0 unspecified atom stereocenters. The highest BCUT2D eigenvalue weighted by molar-refractivity contribution is 5.69. The third-order valence-electron chi connectivity index (χ3n) is 3.16. The number of amides is 1. The summed E-state index contributed by atoms with van der Waals surface area (Å²) in [4.78, 5) is 17.7. The van der Waals surface area contributed by atoms with Gasteiger partial charge in [0, 0.05) is 37.4 Å². The van der Waals surface area contributed by atoms with Crippen molar-refractivity contribution in [1.82, 2.24) is 15.2 Å². The van der Waals surface area contributed by atoms with Crippen molar-refractivity contribution in [2.24, 2.45) is 0 Å². The lowest BCUT2D eigenvalue weighted by atomic mass is 10.1. The topological polar surface area (TPSA) is 63.7 Å². The summed E-state index contributed by atoms with van der Waals surface area (Å²) in [6.45, 7) is 7.61.